The van der Waals surface area contributed by atoms with Crippen LogP contribution in [0.5, 0.6) is 0 Å². The molecule has 108 valence electrons. The van der Waals surface area contributed by atoms with Gasteiger partial charge in [0, 0.05) is 11.5 Å². The van der Waals surface area contributed by atoms with Crippen LogP contribution in [0.2, 0.25) is 0 Å². The number of rotatable bonds is 3. The van der Waals surface area contributed by atoms with Gasteiger partial charge in [-0.25, -0.2) is 4.98 Å². The number of aromatic nitrogens is 2. The molecule has 0 saturated heterocycles. The van der Waals surface area contributed by atoms with Crippen LogP contribution < -0.4 is 5.73 Å². The fourth-order valence-electron chi connectivity index (χ4n) is 3.22. The highest BCUT2D eigenvalue weighted by atomic mass is 15.1. The van der Waals surface area contributed by atoms with Crippen LogP contribution in [0.1, 0.15) is 43.7 Å². The van der Waals surface area contributed by atoms with E-state index in [0.29, 0.717) is 12.5 Å². The minimum Gasteiger partial charge on any atom is -0.383 e. The van der Waals surface area contributed by atoms with Crippen LogP contribution in [-0.2, 0) is 6.54 Å². The second-order valence-electron chi connectivity index (χ2n) is 5.70. The molecule has 0 radical (unpaired) electrons. The summed E-state index contributed by atoms with van der Waals surface area (Å²) in [5.41, 5.74) is 8.48. The predicted molar refractivity (Wildman–Crippen MR) is 86.7 cm³/mol. The van der Waals surface area contributed by atoms with E-state index in [1.165, 1.54) is 32.1 Å². The number of nitrogen functional groups attached to an aromatic ring is 1. The average molecular weight is 279 g/mol. The van der Waals surface area contributed by atoms with Crippen molar-refractivity contribution in [2.75, 3.05) is 5.73 Å². The lowest BCUT2D eigenvalue weighted by atomic mass is 9.87. The number of nitrogens with zero attached hydrogens (tertiary/aromatic N) is 2. The second kappa shape index (κ2) is 6.05. The Labute approximate surface area is 126 Å². The largest absolute Gasteiger partial charge is 0.383 e. The number of nitrogens with two attached hydrogens (primary N) is 1. The highest BCUT2D eigenvalue weighted by molar-refractivity contribution is 5.61. The van der Waals surface area contributed by atoms with E-state index in [9.17, 15) is 0 Å². The van der Waals surface area contributed by atoms with E-state index in [1.54, 1.807) is 0 Å². The molecule has 0 atom stereocenters. The van der Waals surface area contributed by atoms with Crippen LogP contribution in [-0.4, -0.2) is 9.55 Å². The van der Waals surface area contributed by atoms with Crippen molar-refractivity contribution in [1.29, 1.82) is 0 Å². The van der Waals surface area contributed by atoms with Crippen molar-refractivity contribution in [3.8, 4) is 23.7 Å². The molecular formula is C18H21N3. The molecule has 0 bridgehead atoms. The van der Waals surface area contributed by atoms with E-state index in [0.717, 1.165) is 22.9 Å². The van der Waals surface area contributed by atoms with E-state index >= 15 is 0 Å². The first-order valence-corrected chi connectivity index (χ1v) is 7.66. The molecule has 1 heterocycles. The van der Waals surface area contributed by atoms with Crippen molar-refractivity contribution in [1.82, 2.24) is 9.55 Å². The molecule has 0 aliphatic heterocycles. The van der Waals surface area contributed by atoms with Gasteiger partial charge in [-0.15, -0.1) is 6.42 Å². The quantitative estimate of drug-likeness (QED) is 0.868. The average Bonchev–Trinajstić information content (AvgIpc) is 2.87. The molecule has 1 aromatic heterocycles. The van der Waals surface area contributed by atoms with Gasteiger partial charge in [-0.1, -0.05) is 55.5 Å². The number of hydrogen-bond donors (Lipinski definition) is 1. The number of terminal acetylenes is 1. The van der Waals surface area contributed by atoms with Crippen LogP contribution in [0.3, 0.4) is 0 Å². The highest BCUT2D eigenvalue weighted by Gasteiger charge is 2.24. The second-order valence-corrected chi connectivity index (χ2v) is 5.70. The van der Waals surface area contributed by atoms with Crippen LogP contribution >= 0.6 is 0 Å². The molecule has 2 aromatic rings. The lowest BCUT2D eigenvalue weighted by Crippen LogP contribution is -2.09. The Hall–Kier alpha value is -2.21. The van der Waals surface area contributed by atoms with Gasteiger partial charge >= 0.3 is 0 Å². The zero-order valence-electron chi connectivity index (χ0n) is 12.3. The fraction of sp³-hybridized carbons (Fsp3) is 0.389. The van der Waals surface area contributed by atoms with Gasteiger partial charge in [0.05, 0.1) is 12.2 Å². The van der Waals surface area contributed by atoms with Crippen molar-refractivity contribution < 1.29 is 0 Å². The molecule has 1 fully saturated rings. The fourth-order valence-corrected chi connectivity index (χ4v) is 3.22. The van der Waals surface area contributed by atoms with Gasteiger partial charge in [0.1, 0.15) is 11.6 Å². The lowest BCUT2D eigenvalue weighted by molar-refractivity contribution is 0.438. The van der Waals surface area contributed by atoms with Gasteiger partial charge in [-0.3, -0.25) is 4.57 Å². The SMILES string of the molecule is C#CCn1c(-c2ccccc2)nc(C2CCCCC2)c1N. The van der Waals surface area contributed by atoms with Crippen molar-refractivity contribution in [2.45, 2.75) is 44.6 Å². The summed E-state index contributed by atoms with van der Waals surface area (Å²) in [6.45, 7) is 0.468. The first-order chi connectivity index (χ1) is 10.3. The summed E-state index contributed by atoms with van der Waals surface area (Å²) in [5.74, 6) is 4.82. The molecule has 0 spiro atoms. The minimum atomic E-state index is 0.468. The number of anilines is 1. The number of benzene rings is 1. The normalized spacial score (nSPS) is 15.8. The van der Waals surface area contributed by atoms with Crippen LogP contribution in [0.25, 0.3) is 11.4 Å². The van der Waals surface area contributed by atoms with E-state index in [2.05, 4.69) is 18.1 Å². The standard InChI is InChI=1S/C18H21N3/c1-2-13-21-17(19)16(14-9-5-3-6-10-14)20-18(21)15-11-7-4-8-12-15/h1,4,7-8,11-12,14H,3,5-6,9-10,13,19H2. The third-order valence-corrected chi connectivity index (χ3v) is 4.31. The summed E-state index contributed by atoms with van der Waals surface area (Å²) in [4.78, 5) is 4.86. The molecular weight excluding hydrogens is 258 g/mol. The summed E-state index contributed by atoms with van der Waals surface area (Å²) in [6.07, 6.45) is 11.7. The third-order valence-electron chi connectivity index (χ3n) is 4.31. The summed E-state index contributed by atoms with van der Waals surface area (Å²) >= 11 is 0. The summed E-state index contributed by atoms with van der Waals surface area (Å²) in [7, 11) is 0. The maximum atomic E-state index is 6.36. The summed E-state index contributed by atoms with van der Waals surface area (Å²) in [6, 6.07) is 10.1. The Bertz CT molecular complexity index is 643. The van der Waals surface area contributed by atoms with E-state index < -0.39 is 0 Å². The maximum Gasteiger partial charge on any atom is 0.142 e. The first kappa shape index (κ1) is 13.8. The Kier molecular flexibility index (Phi) is 3.96. The van der Waals surface area contributed by atoms with Crippen molar-refractivity contribution in [3.63, 3.8) is 0 Å². The molecule has 1 saturated carbocycles. The van der Waals surface area contributed by atoms with E-state index in [-0.39, 0.29) is 0 Å². The molecule has 1 aliphatic carbocycles. The Balaban J connectivity index is 2.05. The topological polar surface area (TPSA) is 43.8 Å². The minimum absolute atomic E-state index is 0.468. The smallest absolute Gasteiger partial charge is 0.142 e. The summed E-state index contributed by atoms with van der Waals surface area (Å²) < 4.78 is 1.97. The molecule has 2 N–H and O–H groups in total. The molecule has 3 heteroatoms. The molecule has 0 unspecified atom stereocenters. The van der Waals surface area contributed by atoms with Gasteiger partial charge < -0.3 is 5.73 Å². The zero-order valence-corrected chi connectivity index (χ0v) is 12.3. The highest BCUT2D eigenvalue weighted by Crippen LogP contribution is 2.37. The maximum absolute atomic E-state index is 6.36. The number of imidazole rings is 1. The molecule has 3 rings (SSSR count). The Morgan fingerprint density at radius 2 is 1.90 bits per heavy atom. The lowest BCUT2D eigenvalue weighted by Gasteiger charge is -2.20. The molecule has 1 aliphatic rings. The molecule has 21 heavy (non-hydrogen) atoms. The van der Waals surface area contributed by atoms with Gasteiger partial charge in [0.2, 0.25) is 0 Å². The Morgan fingerprint density at radius 3 is 2.57 bits per heavy atom. The van der Waals surface area contributed by atoms with E-state index in [1.807, 2.05) is 22.8 Å². The van der Waals surface area contributed by atoms with Crippen LogP contribution in [0.4, 0.5) is 5.82 Å². The van der Waals surface area contributed by atoms with Crippen LogP contribution in [0.15, 0.2) is 30.3 Å². The van der Waals surface area contributed by atoms with E-state index in [4.69, 9.17) is 17.1 Å². The van der Waals surface area contributed by atoms with Gasteiger partial charge in [-0.05, 0) is 12.8 Å². The molecule has 1 aromatic carbocycles. The van der Waals surface area contributed by atoms with Crippen LogP contribution in [0, 0.1) is 12.3 Å². The van der Waals surface area contributed by atoms with Crippen molar-refractivity contribution in [2.24, 2.45) is 0 Å². The zero-order chi connectivity index (χ0) is 14.7. The first-order valence-electron chi connectivity index (χ1n) is 7.66. The van der Waals surface area contributed by atoms with Gasteiger partial charge in [0.25, 0.3) is 0 Å². The Morgan fingerprint density at radius 1 is 1.19 bits per heavy atom. The summed E-state index contributed by atoms with van der Waals surface area (Å²) in [5, 5.41) is 0. The monoisotopic (exact) mass is 279 g/mol. The predicted octanol–water partition coefficient (Wildman–Crippen LogP) is 3.81. The van der Waals surface area contributed by atoms with Crippen molar-refractivity contribution in [3.05, 3.63) is 36.0 Å². The van der Waals surface area contributed by atoms with Gasteiger partial charge in [0.15, 0.2) is 0 Å². The third kappa shape index (κ3) is 2.67. The molecule has 0 amide bonds. The number of hydrogen-bond acceptors (Lipinski definition) is 2. The van der Waals surface area contributed by atoms with Crippen molar-refractivity contribution >= 4 is 5.82 Å². The molecule has 3 nitrogen and oxygen atoms in total. The van der Waals surface area contributed by atoms with Gasteiger partial charge in [-0.2, -0.15) is 0 Å².